The summed E-state index contributed by atoms with van der Waals surface area (Å²) in [6.07, 6.45) is -1.11. The molecule has 2 heterocycles. The van der Waals surface area contributed by atoms with Gasteiger partial charge in [0.25, 0.3) is 5.69 Å². The molecule has 2 aromatic carbocycles. The summed E-state index contributed by atoms with van der Waals surface area (Å²) in [5.74, 6) is 0. The molecule has 2 atom stereocenters. The summed E-state index contributed by atoms with van der Waals surface area (Å²) in [6.45, 7) is 5.86. The number of fused-ring (bicyclic) bond motifs is 2. The Kier molecular flexibility index (Phi) is 5.59. The molecule has 0 radical (unpaired) electrons. The fourth-order valence-corrected chi connectivity index (χ4v) is 5.22. The third kappa shape index (κ3) is 3.91. The molecule has 2 aliphatic rings. The number of amidine groups is 1. The van der Waals surface area contributed by atoms with Crippen molar-refractivity contribution in [3.8, 4) is 0 Å². The molecule has 1 N–H and O–H groups in total. The number of non-ortho nitro benzene ring substituents is 1. The van der Waals surface area contributed by atoms with Gasteiger partial charge in [-0.05, 0) is 44.5 Å². The smallest absolute Gasteiger partial charge is 0.417 e. The van der Waals surface area contributed by atoms with Gasteiger partial charge in [0.1, 0.15) is 10.3 Å². The molecule has 0 fully saturated rings. The van der Waals surface area contributed by atoms with Crippen molar-refractivity contribution in [1.82, 2.24) is 0 Å². The monoisotopic (exact) mass is 456 g/mol. The number of aliphatic imine (C=N–C) groups is 1. The molecule has 2 aliphatic heterocycles. The Morgan fingerprint density at radius 3 is 2.56 bits per heavy atom. The number of rotatable bonds is 3. The van der Waals surface area contributed by atoms with E-state index in [1.165, 1.54) is 23.9 Å². The zero-order valence-corrected chi connectivity index (χ0v) is 19.0. The number of nitro groups is 1. The number of hydrogen-bond donors (Lipinski definition) is 1. The van der Waals surface area contributed by atoms with Crippen LogP contribution >= 0.6 is 11.8 Å². The second-order valence-electron chi connectivity index (χ2n) is 8.50. The predicted molar refractivity (Wildman–Crippen MR) is 124 cm³/mol. The molecular formula is C22H24N4O5S. The number of carbonyl (C=O) groups excluding carboxylic acids is 1. The standard InChI is InChI=1S/C22H24N4O5S/c1-21(2,3)31-20(27)25-17-8-6-5-7-16(17)22(18(25)30-4)13-23-19(32-22)24-14-9-11-15(12-10-14)26(28)29/h5-12,18H,13H2,1-4H3,(H,23,24)/t18-,22+/m1/s1. The number of ether oxygens (including phenoxy) is 2. The molecule has 1 amide bonds. The van der Waals surface area contributed by atoms with E-state index in [9.17, 15) is 14.9 Å². The topological polar surface area (TPSA) is 106 Å². The zero-order chi connectivity index (χ0) is 23.1. The number of thioether (sulfide) groups is 1. The molecular weight excluding hydrogens is 432 g/mol. The van der Waals surface area contributed by atoms with Crippen molar-refractivity contribution in [2.45, 2.75) is 37.3 Å². The Morgan fingerprint density at radius 1 is 1.25 bits per heavy atom. The van der Waals surface area contributed by atoms with Crippen molar-refractivity contribution >= 4 is 40.1 Å². The molecule has 0 aromatic heterocycles. The van der Waals surface area contributed by atoms with Crippen molar-refractivity contribution < 1.29 is 19.2 Å². The van der Waals surface area contributed by atoms with E-state index in [0.29, 0.717) is 17.4 Å². The third-order valence-corrected chi connectivity index (χ3v) is 6.47. The van der Waals surface area contributed by atoms with Crippen LogP contribution in [0.15, 0.2) is 53.5 Å². The number of anilines is 2. The van der Waals surface area contributed by atoms with E-state index in [1.807, 2.05) is 45.0 Å². The molecule has 4 rings (SSSR count). The summed E-state index contributed by atoms with van der Waals surface area (Å²) < 4.78 is 10.9. The normalized spacial score (nSPS) is 21.9. The van der Waals surface area contributed by atoms with Gasteiger partial charge in [-0.3, -0.25) is 15.1 Å². The van der Waals surface area contributed by atoms with Crippen LogP contribution in [-0.2, 0) is 14.2 Å². The lowest BCUT2D eigenvalue weighted by atomic mass is 9.99. The first-order valence-corrected chi connectivity index (χ1v) is 10.9. The molecule has 1 spiro atoms. The first kappa shape index (κ1) is 22.1. The fourth-order valence-electron chi connectivity index (χ4n) is 3.86. The van der Waals surface area contributed by atoms with Gasteiger partial charge in [0.15, 0.2) is 11.4 Å². The minimum atomic E-state index is -0.651. The van der Waals surface area contributed by atoms with E-state index >= 15 is 0 Å². The van der Waals surface area contributed by atoms with Crippen LogP contribution in [0.4, 0.5) is 21.9 Å². The molecule has 0 aliphatic carbocycles. The highest BCUT2D eigenvalue weighted by molar-refractivity contribution is 8.15. The lowest BCUT2D eigenvalue weighted by Gasteiger charge is -2.33. The minimum Gasteiger partial charge on any atom is -0.443 e. The maximum atomic E-state index is 13.1. The average Bonchev–Trinajstić information content (AvgIpc) is 3.27. The van der Waals surface area contributed by atoms with E-state index in [0.717, 1.165) is 11.3 Å². The Morgan fingerprint density at radius 2 is 1.94 bits per heavy atom. The van der Waals surface area contributed by atoms with Gasteiger partial charge < -0.3 is 14.8 Å². The molecule has 9 nitrogen and oxygen atoms in total. The number of carbonyl (C=O) groups is 1. The van der Waals surface area contributed by atoms with Gasteiger partial charge in [-0.15, -0.1) is 0 Å². The fraction of sp³-hybridized carbons (Fsp3) is 0.364. The SMILES string of the molecule is CO[C@H]1N(C(=O)OC(C)(C)C)c2ccccc2[C@@]12CN=C(Nc1ccc([N+](=O)[O-])cc1)S2. The molecule has 0 saturated carbocycles. The summed E-state index contributed by atoms with van der Waals surface area (Å²) in [7, 11) is 1.57. The minimum absolute atomic E-state index is 0.0187. The lowest BCUT2D eigenvalue weighted by molar-refractivity contribution is -0.384. The maximum absolute atomic E-state index is 13.1. The first-order chi connectivity index (χ1) is 15.1. The number of benzene rings is 2. The second kappa shape index (κ2) is 8.10. The molecule has 0 saturated heterocycles. The Hall–Kier alpha value is -3.11. The highest BCUT2D eigenvalue weighted by atomic mass is 32.2. The van der Waals surface area contributed by atoms with Crippen molar-refractivity contribution in [1.29, 1.82) is 0 Å². The molecule has 0 unspecified atom stereocenters. The first-order valence-electron chi connectivity index (χ1n) is 10.0. The van der Waals surface area contributed by atoms with E-state index < -0.39 is 27.6 Å². The second-order valence-corrected chi connectivity index (χ2v) is 9.82. The summed E-state index contributed by atoms with van der Waals surface area (Å²) in [5, 5.41) is 14.7. The van der Waals surface area contributed by atoms with Gasteiger partial charge >= 0.3 is 6.09 Å². The van der Waals surface area contributed by atoms with Gasteiger partial charge in [0.2, 0.25) is 0 Å². The molecule has 32 heavy (non-hydrogen) atoms. The zero-order valence-electron chi connectivity index (χ0n) is 18.2. The van der Waals surface area contributed by atoms with E-state index in [2.05, 4.69) is 10.3 Å². The predicted octanol–water partition coefficient (Wildman–Crippen LogP) is 4.73. The van der Waals surface area contributed by atoms with Crippen LogP contribution < -0.4 is 10.2 Å². The van der Waals surface area contributed by atoms with E-state index in [-0.39, 0.29) is 5.69 Å². The van der Waals surface area contributed by atoms with Crippen LogP contribution in [0.3, 0.4) is 0 Å². The van der Waals surface area contributed by atoms with Gasteiger partial charge in [-0.1, -0.05) is 30.0 Å². The van der Waals surface area contributed by atoms with Crippen molar-refractivity contribution in [3.05, 3.63) is 64.2 Å². The number of methoxy groups -OCH3 is 1. The summed E-state index contributed by atoms with van der Waals surface area (Å²) in [5.41, 5.74) is 1.72. The van der Waals surface area contributed by atoms with Gasteiger partial charge in [-0.25, -0.2) is 9.69 Å². The van der Waals surface area contributed by atoms with Gasteiger partial charge in [-0.2, -0.15) is 0 Å². The van der Waals surface area contributed by atoms with Crippen molar-refractivity contribution in [3.63, 3.8) is 0 Å². The number of nitro benzene ring substituents is 1. The molecule has 10 heteroatoms. The van der Waals surface area contributed by atoms with Crippen molar-refractivity contribution in [2.75, 3.05) is 23.9 Å². The summed E-state index contributed by atoms with van der Waals surface area (Å²) >= 11 is 1.47. The van der Waals surface area contributed by atoms with Crippen LogP contribution in [0.1, 0.15) is 26.3 Å². The van der Waals surface area contributed by atoms with Crippen molar-refractivity contribution in [2.24, 2.45) is 4.99 Å². The maximum Gasteiger partial charge on any atom is 0.417 e. The number of para-hydroxylation sites is 1. The Bertz CT molecular complexity index is 1080. The molecule has 0 bridgehead atoms. The van der Waals surface area contributed by atoms with Crippen LogP contribution in [0.2, 0.25) is 0 Å². The lowest BCUT2D eigenvalue weighted by Crippen LogP contribution is -2.49. The number of nitrogens with one attached hydrogen (secondary N) is 1. The highest BCUT2D eigenvalue weighted by Gasteiger charge is 2.57. The Labute approximate surface area is 189 Å². The number of nitrogens with zero attached hydrogens (tertiary/aromatic N) is 3. The Balaban J connectivity index is 1.61. The largest absolute Gasteiger partial charge is 0.443 e. The molecule has 2 aromatic rings. The summed E-state index contributed by atoms with van der Waals surface area (Å²) in [4.78, 5) is 29.8. The average molecular weight is 457 g/mol. The van der Waals surface area contributed by atoms with Gasteiger partial charge in [0.05, 0.1) is 17.2 Å². The summed E-state index contributed by atoms with van der Waals surface area (Å²) in [6, 6.07) is 13.8. The van der Waals surface area contributed by atoms with Crippen LogP contribution in [0, 0.1) is 10.1 Å². The van der Waals surface area contributed by atoms with Crippen LogP contribution in [0.25, 0.3) is 0 Å². The van der Waals surface area contributed by atoms with E-state index in [4.69, 9.17) is 9.47 Å². The number of amides is 1. The third-order valence-electron chi connectivity index (χ3n) is 5.13. The quantitative estimate of drug-likeness (QED) is 0.525. The van der Waals surface area contributed by atoms with Crippen LogP contribution in [-0.4, -0.2) is 41.7 Å². The van der Waals surface area contributed by atoms with E-state index in [1.54, 1.807) is 24.1 Å². The number of hydrogen-bond acceptors (Lipinski definition) is 8. The highest BCUT2D eigenvalue weighted by Crippen LogP contribution is 2.55. The van der Waals surface area contributed by atoms with Gasteiger partial charge in [0, 0.05) is 24.9 Å². The molecule has 168 valence electrons. The van der Waals surface area contributed by atoms with Crippen LogP contribution in [0.5, 0.6) is 0 Å².